The minimum absolute atomic E-state index is 0.00823. The number of unbranched alkanes of at least 4 members (excludes halogenated alkanes) is 2. The van der Waals surface area contributed by atoms with Crippen LogP contribution < -0.4 is 19.7 Å². The van der Waals surface area contributed by atoms with Gasteiger partial charge in [-0.25, -0.2) is 0 Å². The SMILES string of the molecule is CCCCCC(=O)N1c2ccccc2NC2=C(C(=O)C[C@@H](c3ccc(Cl)cc3)C2)[C@@H]1c1ccc(OCc2ccc(Cl)cc2)c(OCC)c1. The number of rotatable bonds is 11. The normalized spacial score (nSPS) is 17.2. The quantitative estimate of drug-likeness (QED) is 0.159. The molecule has 1 amide bonds. The third-order valence-corrected chi connectivity index (χ3v) is 9.49. The number of Topliss-reactive ketones (excluding diaryl/α,β-unsaturated/α-hetero) is 1. The summed E-state index contributed by atoms with van der Waals surface area (Å²) in [5.74, 6) is 1.09. The fourth-order valence-corrected chi connectivity index (χ4v) is 6.87. The number of para-hydroxylation sites is 2. The van der Waals surface area contributed by atoms with Crippen molar-refractivity contribution in [2.45, 2.75) is 70.9 Å². The van der Waals surface area contributed by atoms with E-state index >= 15 is 0 Å². The van der Waals surface area contributed by atoms with E-state index in [1.165, 1.54) is 0 Å². The molecule has 6 rings (SSSR count). The molecule has 48 heavy (non-hydrogen) atoms. The number of nitrogens with zero attached hydrogens (tertiary/aromatic N) is 1. The Morgan fingerprint density at radius 3 is 2.27 bits per heavy atom. The predicted molar refractivity (Wildman–Crippen MR) is 193 cm³/mol. The first-order chi connectivity index (χ1) is 23.4. The molecule has 0 bridgehead atoms. The Labute approximate surface area is 292 Å². The highest BCUT2D eigenvalue weighted by Crippen LogP contribution is 2.48. The Balaban J connectivity index is 1.45. The molecule has 0 radical (unpaired) electrons. The van der Waals surface area contributed by atoms with Crippen molar-refractivity contribution in [1.82, 2.24) is 0 Å². The van der Waals surface area contributed by atoms with Gasteiger partial charge in [-0.3, -0.25) is 14.5 Å². The summed E-state index contributed by atoms with van der Waals surface area (Å²) in [6, 6.07) is 28.2. The van der Waals surface area contributed by atoms with Crippen LogP contribution in [0.2, 0.25) is 10.0 Å². The van der Waals surface area contributed by atoms with E-state index in [1.807, 2.05) is 103 Å². The molecule has 0 spiro atoms. The van der Waals surface area contributed by atoms with E-state index in [-0.39, 0.29) is 17.6 Å². The van der Waals surface area contributed by atoms with Gasteiger partial charge in [-0.05, 0) is 90.9 Å². The highest BCUT2D eigenvalue weighted by Gasteiger charge is 2.41. The first kappa shape index (κ1) is 33.6. The third kappa shape index (κ3) is 7.40. The van der Waals surface area contributed by atoms with E-state index in [9.17, 15) is 9.59 Å². The number of hydrogen-bond donors (Lipinski definition) is 1. The molecule has 248 valence electrons. The highest BCUT2D eigenvalue weighted by molar-refractivity contribution is 6.30. The van der Waals surface area contributed by atoms with Gasteiger partial charge in [0, 0.05) is 34.2 Å². The monoisotopic (exact) mass is 682 g/mol. The fourth-order valence-electron chi connectivity index (χ4n) is 6.62. The van der Waals surface area contributed by atoms with Gasteiger partial charge in [0.2, 0.25) is 5.91 Å². The van der Waals surface area contributed by atoms with E-state index < -0.39 is 6.04 Å². The Bertz CT molecular complexity index is 1800. The zero-order chi connectivity index (χ0) is 33.6. The van der Waals surface area contributed by atoms with Crippen LogP contribution in [0, 0.1) is 0 Å². The molecule has 1 N–H and O–H groups in total. The van der Waals surface area contributed by atoms with Crippen molar-refractivity contribution in [2.75, 3.05) is 16.8 Å². The maximum Gasteiger partial charge on any atom is 0.227 e. The standard InChI is InChI=1S/C40H40Cl2N2O4/c1-3-5-6-11-38(46)44-34-10-8-7-9-32(34)43-33-22-29(27-14-19-31(42)20-15-27)23-35(45)39(33)40(44)28-16-21-36(37(24-28)47-4-2)48-25-26-12-17-30(41)18-13-26/h7-10,12-21,24,29,40,43H,3-6,11,22-23,25H2,1-2H3/t29-,40-/m0/s1. The molecule has 4 aromatic carbocycles. The Kier molecular flexibility index (Phi) is 10.7. The molecule has 1 aliphatic carbocycles. The average Bonchev–Trinajstić information content (AvgIpc) is 3.24. The summed E-state index contributed by atoms with van der Waals surface area (Å²) in [6.07, 6.45) is 4.05. The molecular weight excluding hydrogens is 643 g/mol. The average molecular weight is 684 g/mol. The van der Waals surface area contributed by atoms with Crippen molar-refractivity contribution in [3.05, 3.63) is 129 Å². The summed E-state index contributed by atoms with van der Waals surface area (Å²) in [4.78, 5) is 30.6. The number of ketones is 1. The van der Waals surface area contributed by atoms with Gasteiger partial charge in [-0.1, -0.05) is 85.4 Å². The molecule has 2 atom stereocenters. The number of fused-ring (bicyclic) bond motifs is 1. The van der Waals surface area contributed by atoms with E-state index in [0.717, 1.165) is 53.0 Å². The first-order valence-electron chi connectivity index (χ1n) is 16.7. The molecule has 2 aliphatic rings. The van der Waals surface area contributed by atoms with Gasteiger partial charge in [0.05, 0.1) is 24.0 Å². The molecule has 0 aromatic heterocycles. The lowest BCUT2D eigenvalue weighted by Crippen LogP contribution is -2.38. The third-order valence-electron chi connectivity index (χ3n) is 8.98. The van der Waals surface area contributed by atoms with Crippen LogP contribution in [0.3, 0.4) is 0 Å². The lowest BCUT2D eigenvalue weighted by Gasteiger charge is -2.35. The van der Waals surface area contributed by atoms with Crippen LogP contribution in [0.4, 0.5) is 11.4 Å². The molecular formula is C40H40Cl2N2O4. The van der Waals surface area contributed by atoms with Crippen LogP contribution in [0.25, 0.3) is 0 Å². The summed E-state index contributed by atoms with van der Waals surface area (Å²) in [5, 5.41) is 4.94. The topological polar surface area (TPSA) is 67.9 Å². The molecule has 0 unspecified atom stereocenters. The van der Waals surface area contributed by atoms with Crippen LogP contribution in [0.5, 0.6) is 11.5 Å². The second kappa shape index (κ2) is 15.3. The molecule has 0 saturated heterocycles. The van der Waals surface area contributed by atoms with Crippen LogP contribution in [-0.2, 0) is 16.2 Å². The summed E-state index contributed by atoms with van der Waals surface area (Å²) in [7, 11) is 0. The van der Waals surface area contributed by atoms with Crippen molar-refractivity contribution in [2.24, 2.45) is 0 Å². The minimum Gasteiger partial charge on any atom is -0.490 e. The lowest BCUT2D eigenvalue weighted by atomic mass is 9.78. The number of ether oxygens (including phenoxy) is 2. The number of carbonyl (C=O) groups is 2. The first-order valence-corrected chi connectivity index (χ1v) is 17.5. The number of anilines is 2. The minimum atomic E-state index is -0.659. The van der Waals surface area contributed by atoms with Gasteiger partial charge >= 0.3 is 0 Å². The summed E-state index contributed by atoms with van der Waals surface area (Å²) in [6.45, 7) is 4.80. The fraction of sp³-hybridized carbons (Fsp3) is 0.300. The molecule has 0 fully saturated rings. The lowest BCUT2D eigenvalue weighted by molar-refractivity contribution is -0.119. The summed E-state index contributed by atoms with van der Waals surface area (Å²) in [5.41, 5.74) is 5.79. The van der Waals surface area contributed by atoms with E-state index in [1.54, 1.807) is 0 Å². The van der Waals surface area contributed by atoms with Crippen LogP contribution in [0.1, 0.15) is 81.0 Å². The Hall–Kier alpha value is -4.26. The molecule has 1 heterocycles. The van der Waals surface area contributed by atoms with Gasteiger partial charge in [0.15, 0.2) is 17.3 Å². The maximum absolute atomic E-state index is 14.4. The van der Waals surface area contributed by atoms with Gasteiger partial charge in [0.1, 0.15) is 6.61 Å². The van der Waals surface area contributed by atoms with Crippen LogP contribution in [-0.4, -0.2) is 18.3 Å². The number of carbonyl (C=O) groups excluding carboxylic acids is 2. The number of benzene rings is 4. The number of nitrogens with one attached hydrogen (secondary N) is 1. The molecule has 1 aliphatic heterocycles. The van der Waals surface area contributed by atoms with E-state index in [0.29, 0.717) is 59.6 Å². The zero-order valence-electron chi connectivity index (χ0n) is 27.3. The van der Waals surface area contributed by atoms with Gasteiger partial charge in [0.25, 0.3) is 0 Å². The van der Waals surface area contributed by atoms with Crippen molar-refractivity contribution in [3.63, 3.8) is 0 Å². The second-order valence-corrected chi connectivity index (χ2v) is 13.2. The molecule has 0 saturated carbocycles. The summed E-state index contributed by atoms with van der Waals surface area (Å²) >= 11 is 12.3. The van der Waals surface area contributed by atoms with Crippen molar-refractivity contribution in [3.8, 4) is 11.5 Å². The number of allylic oxidation sites excluding steroid dienone is 1. The van der Waals surface area contributed by atoms with E-state index in [2.05, 4.69) is 12.2 Å². The second-order valence-electron chi connectivity index (χ2n) is 12.3. The maximum atomic E-state index is 14.4. The van der Waals surface area contributed by atoms with Gasteiger partial charge in [-0.2, -0.15) is 0 Å². The number of halogens is 2. The van der Waals surface area contributed by atoms with E-state index in [4.69, 9.17) is 32.7 Å². The van der Waals surface area contributed by atoms with Gasteiger partial charge in [-0.15, -0.1) is 0 Å². The van der Waals surface area contributed by atoms with Crippen LogP contribution in [0.15, 0.2) is 102 Å². The zero-order valence-corrected chi connectivity index (χ0v) is 28.8. The molecule has 6 nitrogen and oxygen atoms in total. The van der Waals surface area contributed by atoms with Gasteiger partial charge < -0.3 is 14.8 Å². The van der Waals surface area contributed by atoms with Crippen molar-refractivity contribution >= 4 is 46.3 Å². The highest BCUT2D eigenvalue weighted by atomic mass is 35.5. The van der Waals surface area contributed by atoms with Crippen LogP contribution >= 0.6 is 23.2 Å². The smallest absolute Gasteiger partial charge is 0.227 e. The molecule has 4 aromatic rings. The predicted octanol–water partition coefficient (Wildman–Crippen LogP) is 10.5. The largest absolute Gasteiger partial charge is 0.490 e. The number of amides is 1. The Morgan fingerprint density at radius 1 is 0.833 bits per heavy atom. The number of hydrogen-bond acceptors (Lipinski definition) is 5. The van der Waals surface area contributed by atoms with Crippen molar-refractivity contribution < 1.29 is 19.1 Å². The molecule has 8 heteroatoms. The van der Waals surface area contributed by atoms with Crippen molar-refractivity contribution in [1.29, 1.82) is 0 Å². The summed E-state index contributed by atoms with van der Waals surface area (Å²) < 4.78 is 12.4. The Morgan fingerprint density at radius 2 is 1.54 bits per heavy atom.